The molecule has 6 heteroatoms. The van der Waals surface area contributed by atoms with Crippen LogP contribution >= 0.6 is 0 Å². The monoisotopic (exact) mass is 356 g/mol. The van der Waals surface area contributed by atoms with Crippen LogP contribution in [-0.4, -0.2) is 58.3 Å². The predicted molar refractivity (Wildman–Crippen MR) is 98.7 cm³/mol. The molecule has 26 heavy (non-hydrogen) atoms. The second-order valence-electron chi connectivity index (χ2n) is 5.67. The third kappa shape index (κ3) is 3.92. The van der Waals surface area contributed by atoms with Crippen molar-refractivity contribution in [3.8, 4) is 11.1 Å². The first-order valence-corrected chi connectivity index (χ1v) is 7.89. The summed E-state index contributed by atoms with van der Waals surface area (Å²) in [6.45, 7) is -13.5. The van der Waals surface area contributed by atoms with Crippen molar-refractivity contribution >= 4 is 16.7 Å². The van der Waals surface area contributed by atoms with Gasteiger partial charge >= 0.3 is 0 Å². The topological polar surface area (TPSA) is 68.2 Å². The number of carbonyl (C=O) groups excluding carboxylic acids is 1. The zero-order valence-corrected chi connectivity index (χ0v) is 13.6. The van der Waals surface area contributed by atoms with E-state index in [1.807, 2.05) is 12.1 Å². The molecule has 0 spiro atoms. The standard InChI is InChI=1S/C20H20N4O2/c25-19(14-24-4-6-26-7-5-24)10-18-9-16-8-17(12-23-20(16)13-22-18)15-2-1-3-21-11-15/h1-3,8-9,11-13H,4-7,10,14H2/i4D2,5D2,6D2,7D2. The van der Waals surface area contributed by atoms with Gasteiger partial charge in [-0.15, -0.1) is 0 Å². The number of nitrogens with zero attached hydrogens (tertiary/aromatic N) is 4. The number of ketones is 1. The van der Waals surface area contributed by atoms with E-state index in [2.05, 4.69) is 19.7 Å². The van der Waals surface area contributed by atoms with Crippen LogP contribution in [0.2, 0.25) is 0 Å². The van der Waals surface area contributed by atoms with Gasteiger partial charge in [0.05, 0.1) is 43.3 Å². The molecule has 0 atom stereocenters. The normalized spacial score (nSPS) is 27.5. The Hall–Kier alpha value is -2.70. The summed E-state index contributed by atoms with van der Waals surface area (Å²) in [5.74, 6) is -0.676. The third-order valence-electron chi connectivity index (χ3n) is 3.80. The van der Waals surface area contributed by atoms with E-state index in [9.17, 15) is 4.79 Å². The lowest BCUT2D eigenvalue weighted by molar-refractivity contribution is -0.120. The average Bonchev–Trinajstić information content (AvgIpc) is 2.75. The number of Topliss-reactive ketones (excluding diaryl/α,β-unsaturated/α-hetero) is 1. The van der Waals surface area contributed by atoms with Crippen LogP contribution in [0.25, 0.3) is 22.0 Å². The van der Waals surface area contributed by atoms with Gasteiger partial charge in [0.1, 0.15) is 0 Å². The van der Waals surface area contributed by atoms with Gasteiger partial charge in [0, 0.05) is 59.3 Å². The highest BCUT2D eigenvalue weighted by atomic mass is 16.5. The molecule has 0 bridgehead atoms. The number of aromatic nitrogens is 3. The van der Waals surface area contributed by atoms with Crippen molar-refractivity contribution in [2.45, 2.75) is 6.42 Å². The molecule has 0 unspecified atom stereocenters. The molecule has 3 aromatic heterocycles. The summed E-state index contributed by atoms with van der Waals surface area (Å²) in [5, 5.41) is 0.698. The van der Waals surface area contributed by atoms with Crippen LogP contribution in [0.3, 0.4) is 0 Å². The highest BCUT2D eigenvalue weighted by Gasteiger charge is 2.15. The van der Waals surface area contributed by atoms with Crippen molar-refractivity contribution in [1.82, 2.24) is 19.9 Å². The summed E-state index contributed by atoms with van der Waals surface area (Å²) in [6, 6.07) is 7.17. The second-order valence-corrected chi connectivity index (χ2v) is 5.67. The minimum Gasteiger partial charge on any atom is -0.379 e. The van der Waals surface area contributed by atoms with Gasteiger partial charge in [-0.3, -0.25) is 24.6 Å². The number of hydrogen-bond donors (Lipinski definition) is 0. The van der Waals surface area contributed by atoms with Crippen molar-refractivity contribution in [3.05, 3.63) is 54.7 Å². The van der Waals surface area contributed by atoms with E-state index in [0.717, 1.165) is 11.1 Å². The smallest absolute Gasteiger partial charge is 0.152 e. The van der Waals surface area contributed by atoms with Gasteiger partial charge in [0.25, 0.3) is 0 Å². The molecule has 1 aliphatic rings. The van der Waals surface area contributed by atoms with Crippen LogP contribution in [0, 0.1) is 0 Å². The van der Waals surface area contributed by atoms with Gasteiger partial charge in [-0.1, -0.05) is 6.07 Å². The number of fused-ring (bicyclic) bond motifs is 1. The number of ether oxygens (including phenoxy) is 1. The Bertz CT molecular complexity index is 1210. The Morgan fingerprint density at radius 2 is 2.04 bits per heavy atom. The van der Waals surface area contributed by atoms with Crippen molar-refractivity contribution in [1.29, 1.82) is 0 Å². The van der Waals surface area contributed by atoms with E-state index in [4.69, 9.17) is 11.0 Å². The molecule has 0 aromatic carbocycles. The molecule has 1 saturated heterocycles. The van der Waals surface area contributed by atoms with Crippen LogP contribution in [0.15, 0.2) is 49.1 Å². The molecule has 0 amide bonds. The maximum atomic E-state index is 12.8. The van der Waals surface area contributed by atoms with E-state index >= 15 is 0 Å². The molecule has 1 aliphatic heterocycles. The number of carbonyl (C=O) groups is 1. The Morgan fingerprint density at radius 1 is 1.15 bits per heavy atom. The molecule has 132 valence electrons. The summed E-state index contributed by atoms with van der Waals surface area (Å²) < 4.78 is 67.4. The van der Waals surface area contributed by atoms with Crippen LogP contribution in [0.1, 0.15) is 16.7 Å². The Labute approximate surface area is 163 Å². The molecule has 0 radical (unpaired) electrons. The number of hydrogen-bond acceptors (Lipinski definition) is 6. The summed E-state index contributed by atoms with van der Waals surface area (Å²) in [6.07, 6.45) is 6.20. The summed E-state index contributed by atoms with van der Waals surface area (Å²) in [4.78, 5) is 25.7. The molecule has 0 N–H and O–H groups in total. The van der Waals surface area contributed by atoms with Gasteiger partial charge in [0.2, 0.25) is 0 Å². The fourth-order valence-electron chi connectivity index (χ4n) is 2.59. The minimum atomic E-state index is -3.20. The van der Waals surface area contributed by atoms with E-state index in [0.29, 0.717) is 16.6 Å². The lowest BCUT2D eigenvalue weighted by atomic mass is 10.1. The molecule has 3 aromatic rings. The summed E-state index contributed by atoms with van der Waals surface area (Å²) in [5.41, 5.74) is 2.57. The molecule has 0 aliphatic carbocycles. The SMILES string of the molecule is [2H]C1([2H])OC([2H])([2H])C([2H])([2H])N(CC(=O)Cc2cc3cc(-c4cccnc4)cnc3cn2)C1([2H])[2H]. The Balaban J connectivity index is 1.59. The van der Waals surface area contributed by atoms with Crippen molar-refractivity contribution in [2.24, 2.45) is 0 Å². The second kappa shape index (κ2) is 7.68. The molecule has 6 nitrogen and oxygen atoms in total. The highest BCUT2D eigenvalue weighted by Crippen LogP contribution is 2.22. The number of pyridine rings is 3. The Morgan fingerprint density at radius 3 is 2.85 bits per heavy atom. The summed E-state index contributed by atoms with van der Waals surface area (Å²) in [7, 11) is 0. The van der Waals surface area contributed by atoms with Crippen LogP contribution in [-0.2, 0) is 16.0 Å². The lowest BCUT2D eigenvalue weighted by Gasteiger charge is -2.25. The van der Waals surface area contributed by atoms with Gasteiger partial charge in [0.15, 0.2) is 5.78 Å². The van der Waals surface area contributed by atoms with E-state index in [-0.39, 0.29) is 11.3 Å². The Kier molecular flexibility index (Phi) is 2.91. The predicted octanol–water partition coefficient (Wildman–Crippen LogP) is 2.14. The quantitative estimate of drug-likeness (QED) is 0.698. The zero-order valence-electron chi connectivity index (χ0n) is 21.6. The van der Waals surface area contributed by atoms with Gasteiger partial charge < -0.3 is 4.74 Å². The maximum absolute atomic E-state index is 12.8. The largest absolute Gasteiger partial charge is 0.379 e. The molecular formula is C20H20N4O2. The van der Waals surface area contributed by atoms with Gasteiger partial charge in [-0.25, -0.2) is 0 Å². The first-order chi connectivity index (χ1) is 15.7. The van der Waals surface area contributed by atoms with Crippen molar-refractivity contribution in [3.63, 3.8) is 0 Å². The third-order valence-corrected chi connectivity index (χ3v) is 3.80. The fourth-order valence-corrected chi connectivity index (χ4v) is 2.59. The van der Waals surface area contributed by atoms with Crippen LogP contribution in [0.4, 0.5) is 0 Å². The minimum absolute atomic E-state index is 0.231. The van der Waals surface area contributed by atoms with Gasteiger partial charge in [-0.05, 0) is 18.2 Å². The fraction of sp³-hybridized carbons (Fsp3) is 0.300. The van der Waals surface area contributed by atoms with Crippen molar-refractivity contribution in [2.75, 3.05) is 32.7 Å². The first kappa shape index (κ1) is 9.85. The van der Waals surface area contributed by atoms with E-state index in [1.165, 1.54) is 6.20 Å². The van der Waals surface area contributed by atoms with E-state index in [1.54, 1.807) is 30.7 Å². The molecular weight excluding hydrogens is 328 g/mol. The molecule has 4 heterocycles. The highest BCUT2D eigenvalue weighted by molar-refractivity contribution is 5.86. The number of rotatable bonds is 5. The molecule has 0 saturated carbocycles. The number of morpholine rings is 1. The van der Waals surface area contributed by atoms with E-state index < -0.39 is 38.4 Å². The van der Waals surface area contributed by atoms with Gasteiger partial charge in [-0.2, -0.15) is 0 Å². The van der Waals surface area contributed by atoms with Crippen molar-refractivity contribution < 1.29 is 20.5 Å². The maximum Gasteiger partial charge on any atom is 0.152 e. The van der Waals surface area contributed by atoms with Crippen LogP contribution in [0.5, 0.6) is 0 Å². The zero-order chi connectivity index (χ0) is 24.9. The molecule has 4 rings (SSSR count). The summed E-state index contributed by atoms with van der Waals surface area (Å²) >= 11 is 0. The van der Waals surface area contributed by atoms with Crippen LogP contribution < -0.4 is 0 Å². The average molecular weight is 356 g/mol. The lowest BCUT2D eigenvalue weighted by Crippen LogP contribution is -2.39. The first-order valence-electron chi connectivity index (χ1n) is 11.9. The molecule has 1 fully saturated rings.